The van der Waals surface area contributed by atoms with Crippen LogP contribution in [0.25, 0.3) is 0 Å². The van der Waals surface area contributed by atoms with Crippen LogP contribution in [-0.4, -0.2) is 11.6 Å². The maximum absolute atomic E-state index is 5.55. The smallest absolute Gasteiger partial charge is 0.287 e. The first-order valence-corrected chi connectivity index (χ1v) is 4.33. The molecule has 2 aliphatic rings. The minimum atomic E-state index is -0.0787. The van der Waals surface area contributed by atoms with Crippen molar-refractivity contribution in [1.29, 1.82) is 0 Å². The number of nitrogens with two attached hydrogens (primary N) is 1. The van der Waals surface area contributed by atoms with Crippen LogP contribution in [0.4, 0.5) is 0 Å². The molecule has 0 aromatic rings. The number of nitrogens with zero attached hydrogens (tertiary/aromatic N) is 1. The zero-order chi connectivity index (χ0) is 8.77. The van der Waals surface area contributed by atoms with Gasteiger partial charge in [0.15, 0.2) is 0 Å². The summed E-state index contributed by atoms with van der Waals surface area (Å²) in [7, 11) is 0. The molecule has 12 heavy (non-hydrogen) atoms. The van der Waals surface area contributed by atoms with Crippen molar-refractivity contribution in [2.45, 2.75) is 32.2 Å². The van der Waals surface area contributed by atoms with Gasteiger partial charge in [-0.05, 0) is 32.8 Å². The highest BCUT2D eigenvalue weighted by atomic mass is 16.5. The van der Waals surface area contributed by atoms with E-state index in [-0.39, 0.29) is 5.54 Å². The lowest BCUT2D eigenvalue weighted by atomic mass is 9.86. The van der Waals surface area contributed by atoms with E-state index in [0.717, 1.165) is 18.6 Å². The van der Waals surface area contributed by atoms with Gasteiger partial charge in [0.1, 0.15) is 5.76 Å². The molecule has 0 fully saturated rings. The van der Waals surface area contributed by atoms with Gasteiger partial charge in [-0.25, -0.2) is 4.99 Å². The molecule has 0 radical (unpaired) electrons. The third-order valence-corrected chi connectivity index (χ3v) is 2.62. The van der Waals surface area contributed by atoms with Gasteiger partial charge in [-0.15, -0.1) is 0 Å². The monoisotopic (exact) mass is 166 g/mol. The highest BCUT2D eigenvalue weighted by Gasteiger charge is 2.39. The van der Waals surface area contributed by atoms with Crippen molar-refractivity contribution in [3.05, 3.63) is 11.8 Å². The Morgan fingerprint density at radius 1 is 1.67 bits per heavy atom. The number of amidine groups is 1. The van der Waals surface area contributed by atoms with Crippen LogP contribution in [0.5, 0.6) is 0 Å². The Kier molecular flexibility index (Phi) is 1.43. The average Bonchev–Trinajstić information content (AvgIpc) is 2.32. The molecule has 2 N–H and O–H groups in total. The van der Waals surface area contributed by atoms with Gasteiger partial charge < -0.3 is 10.5 Å². The first kappa shape index (κ1) is 7.65. The number of fused-ring (bicyclic) bond motifs is 1. The Balaban J connectivity index is 2.37. The normalized spacial score (nSPS) is 31.7. The molecule has 1 heterocycles. The Bertz CT molecular complexity index is 266. The van der Waals surface area contributed by atoms with Gasteiger partial charge in [-0.3, -0.25) is 0 Å². The fourth-order valence-electron chi connectivity index (χ4n) is 2.00. The lowest BCUT2D eigenvalue weighted by Crippen LogP contribution is -2.38. The molecule has 1 aliphatic carbocycles. The molecule has 1 atom stereocenters. The second-order valence-corrected chi connectivity index (χ2v) is 3.94. The number of rotatable bonds is 0. The van der Waals surface area contributed by atoms with Gasteiger partial charge in [0.25, 0.3) is 6.02 Å². The highest BCUT2D eigenvalue weighted by Crippen LogP contribution is 2.39. The molecule has 66 valence electrons. The summed E-state index contributed by atoms with van der Waals surface area (Å²) < 4.78 is 5.33. The number of hydrogen-bond acceptors (Lipinski definition) is 3. The van der Waals surface area contributed by atoms with Crippen molar-refractivity contribution >= 4 is 6.02 Å². The van der Waals surface area contributed by atoms with Crippen LogP contribution in [0.15, 0.2) is 16.8 Å². The Morgan fingerprint density at radius 2 is 2.42 bits per heavy atom. The standard InChI is InChI=1S/C9H14N2O/c1-9(2)6-4-3-5-7(6)12-8(10)11-9/h5-6H,3-4H2,1-2H3,(H2,10,11). The molecule has 3 nitrogen and oxygen atoms in total. The van der Waals surface area contributed by atoms with Crippen molar-refractivity contribution < 1.29 is 4.74 Å². The summed E-state index contributed by atoms with van der Waals surface area (Å²) in [6, 6.07) is 0.310. The molecule has 1 aliphatic heterocycles. The molecule has 0 spiro atoms. The van der Waals surface area contributed by atoms with Gasteiger partial charge in [-0.2, -0.15) is 0 Å². The van der Waals surface area contributed by atoms with E-state index < -0.39 is 0 Å². The number of allylic oxidation sites excluding steroid dienone is 1. The highest BCUT2D eigenvalue weighted by molar-refractivity contribution is 5.74. The predicted octanol–water partition coefficient (Wildman–Crippen LogP) is 1.40. The van der Waals surface area contributed by atoms with E-state index >= 15 is 0 Å². The minimum absolute atomic E-state index is 0.0787. The van der Waals surface area contributed by atoms with Gasteiger partial charge in [0.2, 0.25) is 0 Å². The molecule has 0 saturated heterocycles. The lowest BCUT2D eigenvalue weighted by Gasteiger charge is -2.33. The van der Waals surface area contributed by atoms with E-state index in [4.69, 9.17) is 10.5 Å². The topological polar surface area (TPSA) is 47.6 Å². The third kappa shape index (κ3) is 1.00. The van der Waals surface area contributed by atoms with Gasteiger partial charge in [-0.1, -0.05) is 0 Å². The van der Waals surface area contributed by atoms with E-state index in [9.17, 15) is 0 Å². The summed E-state index contributed by atoms with van der Waals surface area (Å²) in [4.78, 5) is 4.29. The van der Waals surface area contributed by atoms with Crippen molar-refractivity contribution in [3.8, 4) is 0 Å². The van der Waals surface area contributed by atoms with Crippen LogP contribution >= 0.6 is 0 Å². The fraction of sp³-hybridized carbons (Fsp3) is 0.667. The second kappa shape index (κ2) is 2.25. The SMILES string of the molecule is CC1(C)N=C(N)OC2=CCCC21. The molecular formula is C9H14N2O. The Morgan fingerprint density at radius 3 is 3.17 bits per heavy atom. The lowest BCUT2D eigenvalue weighted by molar-refractivity contribution is 0.228. The molecule has 3 heteroatoms. The second-order valence-electron chi connectivity index (χ2n) is 3.94. The van der Waals surface area contributed by atoms with Gasteiger partial charge in [0, 0.05) is 5.92 Å². The fourth-order valence-corrected chi connectivity index (χ4v) is 2.00. The van der Waals surface area contributed by atoms with Gasteiger partial charge >= 0.3 is 0 Å². The zero-order valence-corrected chi connectivity index (χ0v) is 7.50. The van der Waals surface area contributed by atoms with Crippen molar-refractivity contribution in [1.82, 2.24) is 0 Å². The van der Waals surface area contributed by atoms with Crippen LogP contribution in [0.1, 0.15) is 26.7 Å². The number of aliphatic imine (C=N–C) groups is 1. The van der Waals surface area contributed by atoms with E-state index in [0.29, 0.717) is 11.9 Å². The van der Waals surface area contributed by atoms with Crippen molar-refractivity contribution in [2.24, 2.45) is 16.6 Å². The van der Waals surface area contributed by atoms with Gasteiger partial charge in [0.05, 0.1) is 5.54 Å². The summed E-state index contributed by atoms with van der Waals surface area (Å²) >= 11 is 0. The summed E-state index contributed by atoms with van der Waals surface area (Å²) in [5.74, 6) is 1.46. The van der Waals surface area contributed by atoms with E-state index in [1.165, 1.54) is 0 Å². The summed E-state index contributed by atoms with van der Waals surface area (Å²) in [6.07, 6.45) is 4.35. The summed E-state index contributed by atoms with van der Waals surface area (Å²) in [5, 5.41) is 0. The maximum atomic E-state index is 5.55. The van der Waals surface area contributed by atoms with Crippen molar-refractivity contribution in [2.75, 3.05) is 0 Å². The van der Waals surface area contributed by atoms with Crippen LogP contribution in [0.3, 0.4) is 0 Å². The van der Waals surface area contributed by atoms with Crippen LogP contribution in [0, 0.1) is 5.92 Å². The zero-order valence-electron chi connectivity index (χ0n) is 7.50. The van der Waals surface area contributed by atoms with Crippen LogP contribution < -0.4 is 5.73 Å². The molecule has 0 saturated carbocycles. The molecule has 0 aromatic heterocycles. The molecule has 0 bridgehead atoms. The maximum Gasteiger partial charge on any atom is 0.287 e. The molecule has 0 amide bonds. The molecule has 1 unspecified atom stereocenters. The minimum Gasteiger partial charge on any atom is -0.431 e. The first-order valence-electron chi connectivity index (χ1n) is 4.33. The predicted molar refractivity (Wildman–Crippen MR) is 47.6 cm³/mol. The molecule has 2 rings (SSSR count). The summed E-state index contributed by atoms with van der Waals surface area (Å²) in [6.45, 7) is 4.21. The first-order chi connectivity index (χ1) is 5.59. The Hall–Kier alpha value is -0.990. The third-order valence-electron chi connectivity index (χ3n) is 2.62. The van der Waals surface area contributed by atoms with E-state index in [1.54, 1.807) is 0 Å². The van der Waals surface area contributed by atoms with Crippen LogP contribution in [0.2, 0.25) is 0 Å². The largest absolute Gasteiger partial charge is 0.431 e. The average molecular weight is 166 g/mol. The summed E-state index contributed by atoms with van der Waals surface area (Å²) in [5.41, 5.74) is 5.47. The molecular weight excluding hydrogens is 152 g/mol. The van der Waals surface area contributed by atoms with E-state index in [1.807, 2.05) is 0 Å². The number of hydrogen-bond donors (Lipinski definition) is 1. The quantitative estimate of drug-likeness (QED) is 0.591. The van der Waals surface area contributed by atoms with E-state index in [2.05, 4.69) is 24.9 Å². The Labute approximate surface area is 72.3 Å². The van der Waals surface area contributed by atoms with Crippen LogP contribution in [-0.2, 0) is 4.74 Å². The van der Waals surface area contributed by atoms with Crippen molar-refractivity contribution in [3.63, 3.8) is 0 Å². The number of ether oxygens (including phenoxy) is 1. The molecule has 0 aromatic carbocycles.